The number of nitrogens with one attached hydrogen (secondary N) is 2. The third kappa shape index (κ3) is 5.04. The minimum absolute atomic E-state index is 0.00752. The van der Waals surface area contributed by atoms with Gasteiger partial charge in [-0.05, 0) is 31.3 Å². The zero-order chi connectivity index (χ0) is 24.6. The highest BCUT2D eigenvalue weighted by Gasteiger charge is 2.31. The van der Waals surface area contributed by atoms with Crippen molar-refractivity contribution in [3.63, 3.8) is 0 Å². The average molecular weight is 490 g/mol. The van der Waals surface area contributed by atoms with E-state index in [1.54, 1.807) is 36.5 Å². The maximum atomic E-state index is 14.6. The fourth-order valence-electron chi connectivity index (χ4n) is 4.07. The Morgan fingerprint density at radius 1 is 1.29 bits per heavy atom. The molecule has 1 aromatic carbocycles. The number of hydrogen-bond donors (Lipinski definition) is 2. The number of aromatic nitrogens is 5. The first-order valence-corrected chi connectivity index (χ1v) is 10.9. The second-order valence-corrected chi connectivity index (χ2v) is 8.36. The Kier molecular flexibility index (Phi) is 6.01. The van der Waals surface area contributed by atoms with Crippen molar-refractivity contribution in [2.24, 2.45) is 4.99 Å². The molecule has 1 saturated heterocycles. The van der Waals surface area contributed by atoms with E-state index in [0.717, 1.165) is 4.57 Å². The molecule has 1 atom stereocenters. The van der Waals surface area contributed by atoms with Gasteiger partial charge >= 0.3 is 6.18 Å². The Bertz CT molecular complexity index is 1340. The first-order chi connectivity index (χ1) is 16.8. The summed E-state index contributed by atoms with van der Waals surface area (Å²) in [5.74, 6) is 0.818. The Labute approximate surface area is 196 Å². The van der Waals surface area contributed by atoms with E-state index in [-0.39, 0.29) is 30.5 Å². The zero-order valence-corrected chi connectivity index (χ0v) is 18.7. The van der Waals surface area contributed by atoms with Crippen molar-refractivity contribution in [3.05, 3.63) is 42.4 Å². The number of aliphatic imine (C=N–C) groups is 1. The van der Waals surface area contributed by atoms with Gasteiger partial charge in [0.1, 0.15) is 12.4 Å². The monoisotopic (exact) mass is 490 g/mol. The standard InChI is InChI=1S/C22H22F4N8O/c1-33-8-6-16(14(23)11-33)29-15-3-2-4-17-13(15)9-18(34(17)12-22(24,25)26)21-30-20(35-32-21)10-27-19-5-7-28-31-19/h2-5,7,9,14H,6,8,10-12H2,1H3,(H2,27,28,31)/b29-16+/t14-/m0/s1. The molecule has 1 aliphatic heterocycles. The van der Waals surface area contributed by atoms with Crippen LogP contribution in [0.15, 0.2) is 46.0 Å². The number of anilines is 1. The number of H-pyrrole nitrogens is 1. The topological polar surface area (TPSA) is 100 Å². The Balaban J connectivity index is 1.53. The van der Waals surface area contributed by atoms with E-state index in [1.165, 1.54) is 0 Å². The number of alkyl halides is 4. The van der Waals surface area contributed by atoms with Crippen LogP contribution in [0.25, 0.3) is 22.4 Å². The first-order valence-electron chi connectivity index (χ1n) is 10.9. The third-order valence-corrected chi connectivity index (χ3v) is 5.74. The first kappa shape index (κ1) is 23.0. The molecule has 0 saturated carbocycles. The smallest absolute Gasteiger partial charge is 0.361 e. The van der Waals surface area contributed by atoms with Gasteiger partial charge in [0.15, 0.2) is 6.17 Å². The molecule has 0 aliphatic carbocycles. The van der Waals surface area contributed by atoms with Gasteiger partial charge < -0.3 is 19.3 Å². The summed E-state index contributed by atoms with van der Waals surface area (Å²) in [5, 5.41) is 13.9. The lowest BCUT2D eigenvalue weighted by molar-refractivity contribution is -0.139. The SMILES string of the molecule is CN1CC/C(=N\c2cccc3c2cc(-c2noc(CNc4ccn[nH]4)n2)n3CC(F)(F)F)[C@@H](F)C1. The molecule has 1 fully saturated rings. The Hall–Kier alpha value is -3.74. The van der Waals surface area contributed by atoms with E-state index in [9.17, 15) is 17.6 Å². The van der Waals surface area contributed by atoms with E-state index < -0.39 is 18.9 Å². The number of piperidine rings is 1. The van der Waals surface area contributed by atoms with Crippen molar-refractivity contribution in [2.75, 3.05) is 25.5 Å². The van der Waals surface area contributed by atoms with Gasteiger partial charge in [0.25, 0.3) is 0 Å². The van der Waals surface area contributed by atoms with Gasteiger partial charge in [-0.25, -0.2) is 4.39 Å². The molecule has 35 heavy (non-hydrogen) atoms. The molecule has 184 valence electrons. The minimum atomic E-state index is -4.49. The number of likely N-dealkylation sites (tertiary alicyclic amines) is 1. The number of rotatable bonds is 6. The number of hydrogen-bond acceptors (Lipinski definition) is 7. The maximum absolute atomic E-state index is 14.6. The van der Waals surface area contributed by atoms with Crippen molar-refractivity contribution in [1.29, 1.82) is 0 Å². The molecule has 13 heteroatoms. The summed E-state index contributed by atoms with van der Waals surface area (Å²) in [4.78, 5) is 10.6. The highest BCUT2D eigenvalue weighted by Crippen LogP contribution is 2.35. The van der Waals surface area contributed by atoms with Crippen LogP contribution in [-0.4, -0.2) is 68.0 Å². The molecule has 0 spiro atoms. The van der Waals surface area contributed by atoms with E-state index in [4.69, 9.17) is 4.52 Å². The van der Waals surface area contributed by atoms with E-state index in [2.05, 4.69) is 30.6 Å². The lowest BCUT2D eigenvalue weighted by atomic mass is 10.1. The molecule has 5 rings (SSSR count). The van der Waals surface area contributed by atoms with E-state index in [0.29, 0.717) is 41.1 Å². The minimum Gasteiger partial charge on any atom is -0.361 e. The highest BCUT2D eigenvalue weighted by molar-refractivity contribution is 5.99. The van der Waals surface area contributed by atoms with E-state index >= 15 is 0 Å². The van der Waals surface area contributed by atoms with Crippen LogP contribution in [0.2, 0.25) is 0 Å². The summed E-state index contributed by atoms with van der Waals surface area (Å²) >= 11 is 0. The van der Waals surface area contributed by atoms with Gasteiger partial charge in [-0.3, -0.25) is 10.1 Å². The molecule has 4 aromatic rings. The maximum Gasteiger partial charge on any atom is 0.406 e. The van der Waals surface area contributed by atoms with Crippen LogP contribution in [0.1, 0.15) is 12.3 Å². The molecule has 4 heterocycles. The molecule has 0 unspecified atom stereocenters. The van der Waals surface area contributed by atoms with Gasteiger partial charge in [-0.15, -0.1) is 0 Å². The van der Waals surface area contributed by atoms with Crippen LogP contribution in [0.4, 0.5) is 29.1 Å². The second kappa shape index (κ2) is 9.13. The number of fused-ring (bicyclic) bond motifs is 1. The van der Waals surface area contributed by atoms with Gasteiger partial charge in [0.05, 0.1) is 35.4 Å². The molecule has 0 radical (unpaired) electrons. The molecule has 0 bridgehead atoms. The van der Waals surface area contributed by atoms with Crippen LogP contribution in [0.5, 0.6) is 0 Å². The highest BCUT2D eigenvalue weighted by atomic mass is 19.4. The summed E-state index contributed by atoms with van der Waals surface area (Å²) < 4.78 is 61.4. The van der Waals surface area contributed by atoms with Crippen LogP contribution in [0, 0.1) is 0 Å². The largest absolute Gasteiger partial charge is 0.406 e. The second-order valence-electron chi connectivity index (χ2n) is 8.36. The number of benzene rings is 1. The summed E-state index contributed by atoms with van der Waals surface area (Å²) in [7, 11) is 1.83. The number of aromatic amines is 1. The van der Waals surface area contributed by atoms with Crippen LogP contribution in [0.3, 0.4) is 0 Å². The molecule has 1 aliphatic rings. The molecule has 9 nitrogen and oxygen atoms in total. The molecule has 3 aromatic heterocycles. The zero-order valence-electron chi connectivity index (χ0n) is 18.7. The summed E-state index contributed by atoms with van der Waals surface area (Å²) in [5.41, 5.74) is 1.20. The van der Waals surface area contributed by atoms with Gasteiger partial charge in [0.2, 0.25) is 11.7 Å². The van der Waals surface area contributed by atoms with Crippen LogP contribution >= 0.6 is 0 Å². The fourth-order valence-corrected chi connectivity index (χ4v) is 4.07. The molecular formula is C22H22F4N8O. The number of halogens is 4. The number of nitrogens with zero attached hydrogens (tertiary/aromatic N) is 6. The van der Waals surface area contributed by atoms with Crippen LogP contribution in [-0.2, 0) is 13.1 Å². The van der Waals surface area contributed by atoms with Gasteiger partial charge in [-0.1, -0.05) is 11.2 Å². The summed E-state index contributed by atoms with van der Waals surface area (Å²) in [6.07, 6.45) is -3.71. The summed E-state index contributed by atoms with van der Waals surface area (Å²) in [6.45, 7) is -0.209. The lowest BCUT2D eigenvalue weighted by Crippen LogP contribution is -2.39. The van der Waals surface area contributed by atoms with Gasteiger partial charge in [-0.2, -0.15) is 23.3 Å². The van der Waals surface area contributed by atoms with Crippen molar-refractivity contribution in [3.8, 4) is 11.5 Å². The Morgan fingerprint density at radius 2 is 2.14 bits per heavy atom. The van der Waals surface area contributed by atoms with Crippen molar-refractivity contribution in [1.82, 2.24) is 29.8 Å². The van der Waals surface area contributed by atoms with Crippen LogP contribution < -0.4 is 5.32 Å². The quantitative estimate of drug-likeness (QED) is 0.390. The molecule has 2 N–H and O–H groups in total. The normalized spacial score (nSPS) is 18.5. The van der Waals surface area contributed by atoms with Gasteiger partial charge in [0, 0.05) is 24.9 Å². The Morgan fingerprint density at radius 3 is 2.89 bits per heavy atom. The third-order valence-electron chi connectivity index (χ3n) is 5.74. The van der Waals surface area contributed by atoms with E-state index in [1.807, 2.05) is 11.9 Å². The summed E-state index contributed by atoms with van der Waals surface area (Å²) in [6, 6.07) is 8.08. The molecular weight excluding hydrogens is 468 g/mol. The predicted octanol–water partition coefficient (Wildman–Crippen LogP) is 4.33. The predicted molar refractivity (Wildman–Crippen MR) is 121 cm³/mol. The average Bonchev–Trinajstić information content (AvgIpc) is 3.54. The lowest BCUT2D eigenvalue weighted by Gasteiger charge is -2.26. The van der Waals surface area contributed by atoms with Crippen molar-refractivity contribution >= 4 is 28.1 Å². The fraction of sp³-hybridized carbons (Fsp3) is 0.364. The van der Waals surface area contributed by atoms with Crippen molar-refractivity contribution < 1.29 is 22.1 Å². The molecule has 0 amide bonds. The van der Waals surface area contributed by atoms with Crippen molar-refractivity contribution in [2.45, 2.75) is 31.9 Å².